The Labute approximate surface area is 147 Å². The van der Waals surface area contributed by atoms with Crippen LogP contribution in [0.4, 0.5) is 0 Å². The van der Waals surface area contributed by atoms with Crippen LogP contribution in [0.1, 0.15) is 41.0 Å². The maximum atomic E-state index is 11.7. The number of aliphatic hydroxyl groups excluding tert-OH is 1. The number of aliphatic carboxylic acids is 1. The predicted molar refractivity (Wildman–Crippen MR) is 90.7 cm³/mol. The monoisotopic (exact) mass is 364 g/mol. The molecule has 0 amide bonds. The molecule has 0 rings (SSSR count). The summed E-state index contributed by atoms with van der Waals surface area (Å²) in [6, 6.07) is 0. The predicted octanol–water partition coefficient (Wildman–Crippen LogP) is 1.71. The lowest BCUT2D eigenvalue weighted by Gasteiger charge is -2.21. The van der Waals surface area contributed by atoms with Crippen molar-refractivity contribution in [1.29, 1.82) is 0 Å². The summed E-state index contributed by atoms with van der Waals surface area (Å²) in [4.78, 5) is 34.2. The molecule has 1 atom stereocenters. The fourth-order valence-electron chi connectivity index (χ4n) is 1.24. The Morgan fingerprint density at radius 1 is 1.04 bits per heavy atom. The maximum absolute atomic E-state index is 11.7. The molecule has 0 bridgehead atoms. The summed E-state index contributed by atoms with van der Waals surface area (Å²) in [7, 11) is 0. The Balaban J connectivity index is 3.99. The van der Waals surface area contributed by atoms with E-state index in [4.69, 9.17) is 14.6 Å². The van der Waals surface area contributed by atoms with Gasteiger partial charge in [-0.25, -0.2) is 0 Å². The summed E-state index contributed by atoms with van der Waals surface area (Å²) in [6.45, 7) is 7.99. The third-order valence-corrected chi connectivity index (χ3v) is 4.91. The van der Waals surface area contributed by atoms with Crippen LogP contribution in [0, 0.1) is 10.8 Å². The highest BCUT2D eigenvalue weighted by Gasteiger charge is 2.28. The van der Waals surface area contributed by atoms with Gasteiger partial charge in [0.15, 0.2) is 0 Å². The zero-order chi connectivity index (χ0) is 19.0. The van der Waals surface area contributed by atoms with E-state index in [1.54, 1.807) is 27.7 Å². The second-order valence-electron chi connectivity index (χ2n) is 6.85. The van der Waals surface area contributed by atoms with Crippen LogP contribution in [0.25, 0.3) is 0 Å². The highest BCUT2D eigenvalue weighted by molar-refractivity contribution is 7.99. The van der Waals surface area contributed by atoms with Gasteiger partial charge in [0.05, 0.1) is 16.6 Å². The van der Waals surface area contributed by atoms with Crippen LogP contribution in [0.2, 0.25) is 0 Å². The van der Waals surface area contributed by atoms with Crippen LogP contribution >= 0.6 is 11.8 Å². The summed E-state index contributed by atoms with van der Waals surface area (Å²) in [6.07, 6.45) is -0.480. The molecule has 0 heterocycles. The van der Waals surface area contributed by atoms with Crippen LogP contribution in [-0.4, -0.2) is 58.9 Å². The Morgan fingerprint density at radius 2 is 1.58 bits per heavy atom. The first-order valence-electron chi connectivity index (χ1n) is 7.74. The molecule has 0 spiro atoms. The summed E-state index contributed by atoms with van der Waals surface area (Å²) in [5.41, 5.74) is -1.55. The van der Waals surface area contributed by atoms with Crippen molar-refractivity contribution in [3.8, 4) is 0 Å². The number of esters is 2. The zero-order valence-corrected chi connectivity index (χ0v) is 15.8. The fraction of sp³-hybridized carbons (Fsp3) is 0.812. The SMILES string of the molecule is CCC(C)(C)C(=O)OCC(O)COC(=O)CSCC(C)(C)C(=O)O. The number of carboxylic acid groups (broad SMARTS) is 1. The van der Waals surface area contributed by atoms with Gasteiger partial charge in [0, 0.05) is 5.75 Å². The molecule has 0 aliphatic rings. The number of ether oxygens (including phenoxy) is 2. The highest BCUT2D eigenvalue weighted by atomic mass is 32.2. The number of hydrogen-bond acceptors (Lipinski definition) is 7. The number of aliphatic hydroxyl groups is 1. The van der Waals surface area contributed by atoms with Crippen molar-refractivity contribution in [3.63, 3.8) is 0 Å². The minimum atomic E-state index is -1.09. The van der Waals surface area contributed by atoms with E-state index in [9.17, 15) is 19.5 Å². The molecule has 0 aromatic heterocycles. The molecule has 0 aromatic carbocycles. The van der Waals surface area contributed by atoms with Gasteiger partial charge in [-0.3, -0.25) is 14.4 Å². The van der Waals surface area contributed by atoms with Crippen molar-refractivity contribution in [1.82, 2.24) is 0 Å². The first kappa shape index (κ1) is 22.7. The summed E-state index contributed by atoms with van der Waals surface area (Å²) in [5.74, 6) is -1.65. The average Bonchev–Trinajstić information content (AvgIpc) is 2.49. The van der Waals surface area contributed by atoms with Gasteiger partial charge >= 0.3 is 17.9 Å². The van der Waals surface area contributed by atoms with Gasteiger partial charge < -0.3 is 19.7 Å². The van der Waals surface area contributed by atoms with Crippen molar-refractivity contribution in [2.24, 2.45) is 10.8 Å². The lowest BCUT2D eigenvalue weighted by atomic mass is 9.91. The van der Waals surface area contributed by atoms with E-state index >= 15 is 0 Å². The largest absolute Gasteiger partial charge is 0.481 e. The fourth-order valence-corrected chi connectivity index (χ4v) is 2.23. The molecule has 0 saturated carbocycles. The molecule has 0 aromatic rings. The van der Waals surface area contributed by atoms with E-state index in [0.29, 0.717) is 6.42 Å². The van der Waals surface area contributed by atoms with Crippen molar-refractivity contribution < 1.29 is 34.1 Å². The molecule has 0 fully saturated rings. The van der Waals surface area contributed by atoms with Crippen molar-refractivity contribution in [2.45, 2.75) is 47.1 Å². The molecule has 0 aliphatic carbocycles. The first-order chi connectivity index (χ1) is 10.9. The van der Waals surface area contributed by atoms with E-state index in [2.05, 4.69) is 0 Å². The van der Waals surface area contributed by atoms with Crippen LogP contribution in [-0.2, 0) is 23.9 Å². The maximum Gasteiger partial charge on any atom is 0.315 e. The molecular formula is C16H28O7S. The molecule has 1 unspecified atom stereocenters. The van der Waals surface area contributed by atoms with Gasteiger partial charge in [0.2, 0.25) is 0 Å². The summed E-state index contributed by atoms with van der Waals surface area (Å²) >= 11 is 1.15. The lowest BCUT2D eigenvalue weighted by molar-refractivity contribution is -0.159. The Kier molecular flexibility index (Phi) is 9.35. The molecule has 7 nitrogen and oxygen atoms in total. The van der Waals surface area contributed by atoms with Gasteiger partial charge in [-0.1, -0.05) is 6.92 Å². The lowest BCUT2D eigenvalue weighted by Crippen LogP contribution is -2.31. The smallest absolute Gasteiger partial charge is 0.315 e. The molecule has 0 aliphatic heterocycles. The second-order valence-corrected chi connectivity index (χ2v) is 7.84. The number of rotatable bonds is 11. The topological polar surface area (TPSA) is 110 Å². The standard InChI is InChI=1S/C16H28O7S/c1-6-15(2,3)14(21)23-8-11(17)7-22-12(18)9-24-10-16(4,5)13(19)20/h11,17H,6-10H2,1-5H3,(H,19,20). The molecule has 0 radical (unpaired) electrons. The van der Waals surface area contributed by atoms with E-state index in [1.807, 2.05) is 6.92 Å². The molecule has 8 heteroatoms. The average molecular weight is 364 g/mol. The van der Waals surface area contributed by atoms with E-state index < -0.39 is 34.8 Å². The van der Waals surface area contributed by atoms with Crippen LogP contribution in [0.15, 0.2) is 0 Å². The number of hydrogen-bond donors (Lipinski definition) is 2. The Bertz CT molecular complexity index is 446. The minimum absolute atomic E-state index is 0.00785. The second kappa shape index (κ2) is 9.88. The highest BCUT2D eigenvalue weighted by Crippen LogP contribution is 2.22. The van der Waals surface area contributed by atoms with Crippen LogP contribution in [0.5, 0.6) is 0 Å². The van der Waals surface area contributed by atoms with Crippen LogP contribution in [0.3, 0.4) is 0 Å². The first-order valence-corrected chi connectivity index (χ1v) is 8.90. The van der Waals surface area contributed by atoms with E-state index in [0.717, 1.165) is 11.8 Å². The number of carbonyl (C=O) groups is 3. The molecule has 2 N–H and O–H groups in total. The van der Waals surface area contributed by atoms with Gasteiger partial charge in [0.25, 0.3) is 0 Å². The van der Waals surface area contributed by atoms with Crippen molar-refractivity contribution >= 4 is 29.7 Å². The van der Waals surface area contributed by atoms with Crippen molar-refractivity contribution in [3.05, 3.63) is 0 Å². The van der Waals surface area contributed by atoms with Gasteiger partial charge in [-0.2, -0.15) is 0 Å². The zero-order valence-electron chi connectivity index (χ0n) is 15.0. The van der Waals surface area contributed by atoms with Crippen molar-refractivity contribution in [2.75, 3.05) is 24.7 Å². The number of carboxylic acids is 1. The Hall–Kier alpha value is -1.28. The number of carbonyl (C=O) groups excluding carboxylic acids is 2. The molecule has 140 valence electrons. The van der Waals surface area contributed by atoms with Gasteiger partial charge in [-0.05, 0) is 34.1 Å². The Morgan fingerprint density at radius 3 is 2.08 bits per heavy atom. The normalized spacial score (nSPS) is 13.2. The minimum Gasteiger partial charge on any atom is -0.481 e. The van der Waals surface area contributed by atoms with Gasteiger partial charge in [-0.15, -0.1) is 11.8 Å². The summed E-state index contributed by atoms with van der Waals surface area (Å²) in [5, 5.41) is 18.6. The third kappa shape index (κ3) is 8.54. The van der Waals surface area contributed by atoms with Gasteiger partial charge in [0.1, 0.15) is 19.3 Å². The van der Waals surface area contributed by atoms with E-state index in [-0.39, 0.29) is 24.7 Å². The van der Waals surface area contributed by atoms with E-state index in [1.165, 1.54) is 0 Å². The quantitative estimate of drug-likeness (QED) is 0.533. The molecular weight excluding hydrogens is 336 g/mol. The summed E-state index contributed by atoms with van der Waals surface area (Å²) < 4.78 is 9.87. The number of thioether (sulfide) groups is 1. The third-order valence-electron chi connectivity index (χ3n) is 3.54. The molecule has 0 saturated heterocycles. The molecule has 24 heavy (non-hydrogen) atoms. The van der Waals surface area contributed by atoms with Crippen LogP contribution < -0.4 is 0 Å².